The van der Waals surface area contributed by atoms with Crippen LogP contribution in [0.2, 0.25) is 0 Å². The number of rotatable bonds is 3. The number of hydrogen-bond acceptors (Lipinski definition) is 4. The largest absolute Gasteiger partial charge is 0.356 e. The predicted octanol–water partition coefficient (Wildman–Crippen LogP) is 2.62. The summed E-state index contributed by atoms with van der Waals surface area (Å²) in [5, 5.41) is 8.00. The zero-order valence-electron chi connectivity index (χ0n) is 11.6. The van der Waals surface area contributed by atoms with Crippen molar-refractivity contribution >= 4 is 16.9 Å². The second-order valence-corrected chi connectivity index (χ2v) is 5.89. The lowest BCUT2D eigenvalue weighted by Crippen LogP contribution is -2.34. The second-order valence-electron chi connectivity index (χ2n) is 5.89. The van der Waals surface area contributed by atoms with E-state index < -0.39 is 0 Å². The second kappa shape index (κ2) is 5.15. The molecule has 0 radical (unpaired) electrons. The summed E-state index contributed by atoms with van der Waals surface area (Å²) >= 11 is 0. The van der Waals surface area contributed by atoms with Gasteiger partial charge in [0, 0.05) is 13.1 Å². The summed E-state index contributed by atoms with van der Waals surface area (Å²) in [7, 11) is 0. The molecule has 1 aliphatic heterocycles. The van der Waals surface area contributed by atoms with Crippen molar-refractivity contribution in [2.24, 2.45) is 11.8 Å². The van der Waals surface area contributed by atoms with Crippen LogP contribution in [0.5, 0.6) is 0 Å². The number of aromatic amines is 1. The van der Waals surface area contributed by atoms with E-state index in [4.69, 9.17) is 0 Å². The maximum Gasteiger partial charge on any atom is 0.160 e. The van der Waals surface area contributed by atoms with Crippen LogP contribution < -0.4 is 4.90 Å². The van der Waals surface area contributed by atoms with E-state index in [-0.39, 0.29) is 0 Å². The molecule has 0 spiro atoms. The lowest BCUT2D eigenvalue weighted by molar-refractivity contribution is 0.337. The Hall–Kier alpha value is -1.65. The quantitative estimate of drug-likeness (QED) is 0.920. The van der Waals surface area contributed by atoms with E-state index in [1.165, 1.54) is 19.3 Å². The number of aromatic nitrogens is 4. The molecule has 3 heterocycles. The standard InChI is InChI=1S/C14H21N5/c1-10(2)7-11-3-5-19(6-4-11)14-12-8-17-18-13(12)15-9-16-14/h8-11H,3-7H2,1-2H3,(H,15,16,17,18). The summed E-state index contributed by atoms with van der Waals surface area (Å²) in [4.78, 5) is 11.0. The highest BCUT2D eigenvalue weighted by atomic mass is 15.2. The lowest BCUT2D eigenvalue weighted by Gasteiger charge is -2.33. The van der Waals surface area contributed by atoms with Gasteiger partial charge in [0.25, 0.3) is 0 Å². The number of hydrogen-bond donors (Lipinski definition) is 1. The van der Waals surface area contributed by atoms with Crippen molar-refractivity contribution in [3.05, 3.63) is 12.5 Å². The van der Waals surface area contributed by atoms with E-state index in [9.17, 15) is 0 Å². The van der Waals surface area contributed by atoms with Crippen LogP contribution in [0.15, 0.2) is 12.5 Å². The number of nitrogens with one attached hydrogen (secondary N) is 1. The molecule has 1 aliphatic rings. The molecule has 2 aromatic heterocycles. The minimum absolute atomic E-state index is 0.802. The highest BCUT2D eigenvalue weighted by Crippen LogP contribution is 2.29. The normalized spacial score (nSPS) is 17.5. The summed E-state index contributed by atoms with van der Waals surface area (Å²) in [6, 6.07) is 0. The molecule has 0 amide bonds. The molecule has 5 nitrogen and oxygen atoms in total. The third-order valence-corrected chi connectivity index (χ3v) is 3.95. The molecular weight excluding hydrogens is 238 g/mol. The summed E-state index contributed by atoms with van der Waals surface area (Å²) in [6.07, 6.45) is 7.32. The molecule has 1 saturated heterocycles. The number of anilines is 1. The minimum Gasteiger partial charge on any atom is -0.356 e. The van der Waals surface area contributed by atoms with Crippen LogP contribution in [0.3, 0.4) is 0 Å². The van der Waals surface area contributed by atoms with Gasteiger partial charge < -0.3 is 4.90 Å². The van der Waals surface area contributed by atoms with Crippen LogP contribution in [0.1, 0.15) is 33.1 Å². The number of fused-ring (bicyclic) bond motifs is 1. The Labute approximate surface area is 113 Å². The van der Waals surface area contributed by atoms with Gasteiger partial charge in [-0.05, 0) is 31.1 Å². The first-order valence-corrected chi connectivity index (χ1v) is 7.13. The summed E-state index contributed by atoms with van der Waals surface area (Å²) in [5.41, 5.74) is 0.828. The molecule has 0 unspecified atom stereocenters. The molecule has 2 aromatic rings. The molecule has 0 bridgehead atoms. The van der Waals surface area contributed by atoms with Gasteiger partial charge in [0.15, 0.2) is 5.65 Å². The highest BCUT2D eigenvalue weighted by Gasteiger charge is 2.22. The number of H-pyrrole nitrogens is 1. The topological polar surface area (TPSA) is 57.7 Å². The average molecular weight is 259 g/mol. The molecule has 0 aliphatic carbocycles. The van der Waals surface area contributed by atoms with Crippen molar-refractivity contribution in [2.45, 2.75) is 33.1 Å². The van der Waals surface area contributed by atoms with E-state index >= 15 is 0 Å². The zero-order chi connectivity index (χ0) is 13.2. The Morgan fingerprint density at radius 1 is 1.32 bits per heavy atom. The highest BCUT2D eigenvalue weighted by molar-refractivity contribution is 5.86. The fourth-order valence-electron chi connectivity index (χ4n) is 3.05. The van der Waals surface area contributed by atoms with Crippen LogP contribution in [0.25, 0.3) is 11.0 Å². The van der Waals surface area contributed by atoms with Gasteiger partial charge in [-0.15, -0.1) is 0 Å². The van der Waals surface area contributed by atoms with Crippen molar-refractivity contribution in [1.82, 2.24) is 20.2 Å². The Morgan fingerprint density at radius 2 is 2.11 bits per heavy atom. The fourth-order valence-corrected chi connectivity index (χ4v) is 3.05. The van der Waals surface area contributed by atoms with Gasteiger partial charge in [-0.2, -0.15) is 5.10 Å². The van der Waals surface area contributed by atoms with E-state index in [0.29, 0.717) is 0 Å². The zero-order valence-corrected chi connectivity index (χ0v) is 11.6. The molecule has 102 valence electrons. The maximum atomic E-state index is 4.44. The number of piperidine rings is 1. The molecule has 0 saturated carbocycles. The molecule has 1 fully saturated rings. The van der Waals surface area contributed by atoms with Crippen molar-refractivity contribution in [1.29, 1.82) is 0 Å². The first-order valence-electron chi connectivity index (χ1n) is 7.13. The average Bonchev–Trinajstić information content (AvgIpc) is 2.87. The van der Waals surface area contributed by atoms with E-state index in [1.807, 2.05) is 6.20 Å². The lowest BCUT2D eigenvalue weighted by atomic mass is 9.88. The van der Waals surface area contributed by atoms with Crippen molar-refractivity contribution < 1.29 is 0 Å². The minimum atomic E-state index is 0.802. The smallest absolute Gasteiger partial charge is 0.160 e. The molecule has 5 heteroatoms. The van der Waals surface area contributed by atoms with Gasteiger partial charge in [0.2, 0.25) is 0 Å². The monoisotopic (exact) mass is 259 g/mol. The van der Waals surface area contributed by atoms with Crippen LogP contribution >= 0.6 is 0 Å². The molecule has 0 atom stereocenters. The van der Waals surface area contributed by atoms with Crippen LogP contribution in [0, 0.1) is 11.8 Å². The van der Waals surface area contributed by atoms with Gasteiger partial charge in [-0.25, -0.2) is 9.97 Å². The Balaban J connectivity index is 1.73. The first kappa shape index (κ1) is 12.4. The molecule has 1 N–H and O–H groups in total. The van der Waals surface area contributed by atoms with Gasteiger partial charge in [0.1, 0.15) is 12.1 Å². The first-order chi connectivity index (χ1) is 9.24. The molecule has 3 rings (SSSR count). The van der Waals surface area contributed by atoms with Crippen LogP contribution in [-0.2, 0) is 0 Å². The predicted molar refractivity (Wildman–Crippen MR) is 76.1 cm³/mol. The van der Waals surface area contributed by atoms with E-state index in [1.54, 1.807) is 6.33 Å². The molecule has 0 aromatic carbocycles. The van der Waals surface area contributed by atoms with Crippen LogP contribution in [-0.4, -0.2) is 33.3 Å². The SMILES string of the molecule is CC(C)CC1CCN(c2ncnc3[nH]ncc23)CC1. The van der Waals surface area contributed by atoms with E-state index in [0.717, 1.165) is 41.8 Å². The summed E-state index contributed by atoms with van der Waals surface area (Å²) in [6.45, 7) is 6.81. The summed E-state index contributed by atoms with van der Waals surface area (Å²) < 4.78 is 0. The van der Waals surface area contributed by atoms with Gasteiger partial charge in [0.05, 0.1) is 11.6 Å². The Morgan fingerprint density at radius 3 is 2.84 bits per heavy atom. The van der Waals surface area contributed by atoms with Gasteiger partial charge in [-0.3, -0.25) is 5.10 Å². The van der Waals surface area contributed by atoms with Gasteiger partial charge in [-0.1, -0.05) is 13.8 Å². The van der Waals surface area contributed by atoms with Crippen LogP contribution in [0.4, 0.5) is 5.82 Å². The van der Waals surface area contributed by atoms with Gasteiger partial charge >= 0.3 is 0 Å². The maximum absolute atomic E-state index is 4.44. The number of nitrogens with zero attached hydrogens (tertiary/aromatic N) is 4. The third-order valence-electron chi connectivity index (χ3n) is 3.95. The van der Waals surface area contributed by atoms with Crippen molar-refractivity contribution in [2.75, 3.05) is 18.0 Å². The Kier molecular flexibility index (Phi) is 3.36. The summed E-state index contributed by atoms with van der Waals surface area (Å²) in [5.74, 6) is 2.70. The van der Waals surface area contributed by atoms with Crippen molar-refractivity contribution in [3.63, 3.8) is 0 Å². The molecular formula is C14H21N5. The van der Waals surface area contributed by atoms with Crippen molar-refractivity contribution in [3.8, 4) is 0 Å². The fraction of sp³-hybridized carbons (Fsp3) is 0.643. The molecule has 19 heavy (non-hydrogen) atoms. The Bertz CT molecular complexity index is 540. The third kappa shape index (κ3) is 2.55. The van der Waals surface area contributed by atoms with E-state index in [2.05, 4.69) is 38.9 Å².